The van der Waals surface area contributed by atoms with E-state index in [4.69, 9.17) is 4.74 Å². The minimum absolute atomic E-state index is 0.249. The Hall–Kier alpha value is -0.0800. The molecule has 1 aliphatic carbocycles. The van der Waals surface area contributed by atoms with Gasteiger partial charge in [0, 0.05) is 12.0 Å². The molecule has 2 atom stereocenters. The van der Waals surface area contributed by atoms with Gasteiger partial charge in [-0.15, -0.1) is 0 Å². The Labute approximate surface area is 114 Å². The lowest BCUT2D eigenvalue weighted by Gasteiger charge is -2.34. The monoisotopic (exact) mass is 255 g/mol. The van der Waals surface area contributed by atoms with Gasteiger partial charge in [-0.1, -0.05) is 34.6 Å². The van der Waals surface area contributed by atoms with Crippen LogP contribution in [0.1, 0.15) is 60.3 Å². The van der Waals surface area contributed by atoms with Gasteiger partial charge in [-0.05, 0) is 44.1 Å². The van der Waals surface area contributed by atoms with Crippen LogP contribution in [-0.4, -0.2) is 25.8 Å². The van der Waals surface area contributed by atoms with Gasteiger partial charge in [0.1, 0.15) is 0 Å². The molecule has 0 aromatic rings. The highest BCUT2D eigenvalue weighted by Crippen LogP contribution is 2.31. The minimum Gasteiger partial charge on any atom is -0.378 e. The Bertz CT molecular complexity index is 217. The lowest BCUT2D eigenvalue weighted by Crippen LogP contribution is -2.36. The molecule has 1 aliphatic rings. The normalized spacial score (nSPS) is 29.5. The van der Waals surface area contributed by atoms with E-state index in [1.165, 1.54) is 25.7 Å². The third-order valence-corrected chi connectivity index (χ3v) is 3.88. The third-order valence-electron chi connectivity index (χ3n) is 3.88. The number of rotatable bonds is 7. The van der Waals surface area contributed by atoms with E-state index in [-0.39, 0.29) is 5.41 Å². The fraction of sp³-hybridized carbons (Fsp3) is 1.00. The van der Waals surface area contributed by atoms with Gasteiger partial charge in [0.15, 0.2) is 0 Å². The summed E-state index contributed by atoms with van der Waals surface area (Å²) in [5.41, 5.74) is 0.249. The average Bonchev–Trinajstić information content (AvgIpc) is 2.25. The van der Waals surface area contributed by atoms with E-state index < -0.39 is 0 Å². The topological polar surface area (TPSA) is 21.3 Å². The highest BCUT2D eigenvalue weighted by atomic mass is 16.5. The van der Waals surface area contributed by atoms with Gasteiger partial charge < -0.3 is 10.1 Å². The smallest absolute Gasteiger partial charge is 0.0580 e. The quantitative estimate of drug-likeness (QED) is 0.698. The summed E-state index contributed by atoms with van der Waals surface area (Å²) in [6.45, 7) is 14.6. The Kier molecular flexibility index (Phi) is 6.65. The molecule has 108 valence electrons. The van der Waals surface area contributed by atoms with Crippen LogP contribution < -0.4 is 5.32 Å². The minimum atomic E-state index is 0.249. The Morgan fingerprint density at radius 1 is 1.11 bits per heavy atom. The van der Waals surface area contributed by atoms with Crippen LogP contribution in [0.15, 0.2) is 0 Å². The van der Waals surface area contributed by atoms with Crippen molar-refractivity contribution >= 4 is 0 Å². The maximum atomic E-state index is 6.18. The predicted molar refractivity (Wildman–Crippen MR) is 78.9 cm³/mol. The number of hydrogen-bond acceptors (Lipinski definition) is 2. The van der Waals surface area contributed by atoms with Crippen molar-refractivity contribution in [3.8, 4) is 0 Å². The highest BCUT2D eigenvalue weighted by molar-refractivity contribution is 4.77. The second-order valence-electron chi connectivity index (χ2n) is 7.19. The van der Waals surface area contributed by atoms with Crippen molar-refractivity contribution in [2.75, 3.05) is 19.7 Å². The van der Waals surface area contributed by atoms with Crippen LogP contribution in [0.25, 0.3) is 0 Å². The molecule has 1 rings (SSSR count). The van der Waals surface area contributed by atoms with Crippen LogP contribution in [-0.2, 0) is 4.74 Å². The van der Waals surface area contributed by atoms with Crippen molar-refractivity contribution in [2.24, 2.45) is 17.3 Å². The SMILES string of the molecule is CCCNCC(C)(C)COC1CC(C)CC(C)C1. The highest BCUT2D eigenvalue weighted by Gasteiger charge is 2.26. The van der Waals surface area contributed by atoms with Crippen LogP contribution in [0.5, 0.6) is 0 Å². The summed E-state index contributed by atoms with van der Waals surface area (Å²) in [6.07, 6.45) is 5.58. The van der Waals surface area contributed by atoms with Crippen LogP contribution in [0.2, 0.25) is 0 Å². The van der Waals surface area contributed by atoms with Gasteiger partial charge in [0.05, 0.1) is 12.7 Å². The van der Waals surface area contributed by atoms with Crippen LogP contribution >= 0.6 is 0 Å². The fourth-order valence-corrected chi connectivity index (χ4v) is 3.01. The zero-order valence-electron chi connectivity index (χ0n) is 13.1. The molecule has 0 aliphatic heterocycles. The molecule has 0 bridgehead atoms. The Morgan fingerprint density at radius 3 is 2.28 bits per heavy atom. The summed E-state index contributed by atoms with van der Waals surface area (Å²) < 4.78 is 6.18. The summed E-state index contributed by atoms with van der Waals surface area (Å²) in [5, 5.41) is 3.50. The fourth-order valence-electron chi connectivity index (χ4n) is 3.01. The first-order valence-electron chi connectivity index (χ1n) is 7.75. The maximum Gasteiger partial charge on any atom is 0.0580 e. The molecular weight excluding hydrogens is 222 g/mol. The van der Waals surface area contributed by atoms with Gasteiger partial charge in [0.2, 0.25) is 0 Å². The van der Waals surface area contributed by atoms with E-state index in [1.54, 1.807) is 0 Å². The average molecular weight is 255 g/mol. The van der Waals surface area contributed by atoms with E-state index in [9.17, 15) is 0 Å². The van der Waals surface area contributed by atoms with E-state index in [2.05, 4.69) is 39.9 Å². The molecule has 0 aromatic heterocycles. The zero-order valence-corrected chi connectivity index (χ0v) is 13.1. The molecule has 18 heavy (non-hydrogen) atoms. The first-order valence-corrected chi connectivity index (χ1v) is 7.75. The Morgan fingerprint density at radius 2 is 1.72 bits per heavy atom. The molecule has 1 fully saturated rings. The van der Waals surface area contributed by atoms with Gasteiger partial charge in [-0.2, -0.15) is 0 Å². The van der Waals surface area contributed by atoms with Crippen molar-refractivity contribution in [1.82, 2.24) is 5.32 Å². The zero-order chi connectivity index (χ0) is 13.6. The summed E-state index contributed by atoms with van der Waals surface area (Å²) >= 11 is 0. The van der Waals surface area contributed by atoms with Crippen molar-refractivity contribution in [1.29, 1.82) is 0 Å². The van der Waals surface area contributed by atoms with Crippen LogP contribution in [0, 0.1) is 17.3 Å². The molecule has 0 spiro atoms. The summed E-state index contributed by atoms with van der Waals surface area (Å²) in [5.74, 6) is 1.67. The largest absolute Gasteiger partial charge is 0.378 e. The number of ether oxygens (including phenoxy) is 1. The lowest BCUT2D eigenvalue weighted by atomic mass is 9.81. The molecule has 2 unspecified atom stereocenters. The first kappa shape index (κ1) is 16.0. The van der Waals surface area contributed by atoms with E-state index in [1.807, 2.05) is 0 Å². The van der Waals surface area contributed by atoms with Crippen molar-refractivity contribution in [3.05, 3.63) is 0 Å². The molecular formula is C16H33NO. The van der Waals surface area contributed by atoms with Crippen molar-refractivity contribution in [2.45, 2.75) is 66.4 Å². The van der Waals surface area contributed by atoms with E-state index in [0.717, 1.165) is 31.5 Å². The molecule has 0 heterocycles. The Balaban J connectivity index is 2.25. The summed E-state index contributed by atoms with van der Waals surface area (Å²) in [7, 11) is 0. The molecule has 1 N–H and O–H groups in total. The van der Waals surface area contributed by atoms with Gasteiger partial charge in [-0.25, -0.2) is 0 Å². The number of nitrogens with one attached hydrogen (secondary N) is 1. The maximum absolute atomic E-state index is 6.18. The second-order valence-corrected chi connectivity index (χ2v) is 7.19. The number of hydrogen-bond donors (Lipinski definition) is 1. The van der Waals surface area contributed by atoms with Crippen LogP contribution in [0.3, 0.4) is 0 Å². The molecule has 0 saturated heterocycles. The molecule has 0 radical (unpaired) electrons. The van der Waals surface area contributed by atoms with E-state index in [0.29, 0.717) is 6.10 Å². The van der Waals surface area contributed by atoms with E-state index >= 15 is 0 Å². The standard InChI is InChI=1S/C16H33NO/c1-6-7-17-11-16(4,5)12-18-15-9-13(2)8-14(3)10-15/h13-15,17H,6-12H2,1-5H3. The van der Waals surface area contributed by atoms with Gasteiger partial charge in [0.25, 0.3) is 0 Å². The lowest BCUT2D eigenvalue weighted by molar-refractivity contribution is -0.0338. The second kappa shape index (κ2) is 7.49. The molecule has 2 nitrogen and oxygen atoms in total. The van der Waals surface area contributed by atoms with Crippen molar-refractivity contribution in [3.63, 3.8) is 0 Å². The first-order chi connectivity index (χ1) is 8.43. The van der Waals surface area contributed by atoms with Crippen molar-refractivity contribution < 1.29 is 4.74 Å². The third kappa shape index (κ3) is 6.19. The van der Waals surface area contributed by atoms with Crippen LogP contribution in [0.4, 0.5) is 0 Å². The van der Waals surface area contributed by atoms with Gasteiger partial charge in [-0.3, -0.25) is 0 Å². The molecule has 2 heteroatoms. The summed E-state index contributed by atoms with van der Waals surface area (Å²) in [6, 6.07) is 0. The molecule has 0 aromatic carbocycles. The predicted octanol–water partition coefficient (Wildman–Crippen LogP) is 3.85. The van der Waals surface area contributed by atoms with Gasteiger partial charge >= 0.3 is 0 Å². The molecule has 0 amide bonds. The summed E-state index contributed by atoms with van der Waals surface area (Å²) in [4.78, 5) is 0. The molecule has 1 saturated carbocycles.